The molecule has 0 atom stereocenters. The van der Waals surface area contributed by atoms with Crippen molar-refractivity contribution in [3.05, 3.63) is 35.2 Å². The third kappa shape index (κ3) is 1.24. The first-order valence-electron chi connectivity index (χ1n) is 4.55. The van der Waals surface area contributed by atoms with Gasteiger partial charge in [-0.15, -0.1) is 11.3 Å². The molecule has 0 N–H and O–H groups in total. The van der Waals surface area contributed by atoms with Crippen LogP contribution in [0.15, 0.2) is 24.5 Å². The van der Waals surface area contributed by atoms with Crippen LogP contribution in [0.1, 0.15) is 5.56 Å². The molecule has 0 unspecified atom stereocenters. The van der Waals surface area contributed by atoms with Gasteiger partial charge < -0.3 is 0 Å². The van der Waals surface area contributed by atoms with Crippen molar-refractivity contribution in [3.8, 4) is 0 Å². The van der Waals surface area contributed by atoms with Crippen molar-refractivity contribution in [1.29, 1.82) is 0 Å². The van der Waals surface area contributed by atoms with Crippen molar-refractivity contribution in [1.82, 2.24) is 9.97 Å². The lowest BCUT2D eigenvalue weighted by molar-refractivity contribution is 1.23. The minimum absolute atomic E-state index is 0.542. The molecule has 1 aromatic carbocycles. The number of benzene rings is 1. The minimum atomic E-state index is 0.542. The Balaban J connectivity index is 2.63. The van der Waals surface area contributed by atoms with Crippen LogP contribution in [0.2, 0.25) is 5.15 Å². The Bertz CT molecular complexity index is 604. The molecule has 2 heterocycles. The number of hydrogen-bond donors (Lipinski definition) is 0. The van der Waals surface area contributed by atoms with Gasteiger partial charge in [0.2, 0.25) is 0 Å². The third-order valence-electron chi connectivity index (χ3n) is 2.43. The lowest BCUT2D eigenvalue weighted by Crippen LogP contribution is -1.78. The summed E-state index contributed by atoms with van der Waals surface area (Å²) in [5.41, 5.74) is 2.21. The first-order chi connectivity index (χ1) is 7.27. The van der Waals surface area contributed by atoms with Crippen molar-refractivity contribution < 1.29 is 0 Å². The molecule has 4 heteroatoms. The van der Waals surface area contributed by atoms with E-state index in [4.69, 9.17) is 11.6 Å². The summed E-state index contributed by atoms with van der Waals surface area (Å²) in [5.74, 6) is 0. The van der Waals surface area contributed by atoms with Crippen molar-refractivity contribution in [3.63, 3.8) is 0 Å². The smallest absolute Gasteiger partial charge is 0.150 e. The Morgan fingerprint density at radius 1 is 1.20 bits per heavy atom. The summed E-state index contributed by atoms with van der Waals surface area (Å²) in [4.78, 5) is 8.28. The Kier molecular flexibility index (Phi) is 1.90. The highest BCUT2D eigenvalue weighted by Crippen LogP contribution is 2.36. The molecule has 15 heavy (non-hydrogen) atoms. The van der Waals surface area contributed by atoms with E-state index in [1.807, 2.05) is 6.07 Å². The Hall–Kier alpha value is -1.19. The molecule has 3 rings (SSSR count). The quantitative estimate of drug-likeness (QED) is 0.553. The van der Waals surface area contributed by atoms with Crippen LogP contribution < -0.4 is 0 Å². The summed E-state index contributed by atoms with van der Waals surface area (Å²) in [6, 6.07) is 6.21. The van der Waals surface area contributed by atoms with Gasteiger partial charge in [-0.3, -0.25) is 0 Å². The highest BCUT2D eigenvalue weighted by atomic mass is 35.5. The number of halogens is 1. The predicted octanol–water partition coefficient (Wildman–Crippen LogP) is 3.81. The van der Waals surface area contributed by atoms with Crippen LogP contribution in [-0.2, 0) is 0 Å². The van der Waals surface area contributed by atoms with E-state index in [-0.39, 0.29) is 0 Å². The fourth-order valence-electron chi connectivity index (χ4n) is 1.71. The maximum Gasteiger partial charge on any atom is 0.150 e. The van der Waals surface area contributed by atoms with Gasteiger partial charge >= 0.3 is 0 Å². The maximum atomic E-state index is 6.04. The van der Waals surface area contributed by atoms with Crippen LogP contribution in [0.5, 0.6) is 0 Å². The lowest BCUT2D eigenvalue weighted by Gasteiger charge is -1.93. The van der Waals surface area contributed by atoms with Crippen molar-refractivity contribution in [2.45, 2.75) is 6.92 Å². The zero-order valence-corrected chi connectivity index (χ0v) is 9.56. The molecule has 0 bridgehead atoms. The number of aromatic nitrogens is 2. The van der Waals surface area contributed by atoms with Crippen LogP contribution in [0, 0.1) is 6.92 Å². The average molecular weight is 235 g/mol. The molecule has 3 aromatic rings. The number of aryl methyl sites for hydroxylation is 1. The summed E-state index contributed by atoms with van der Waals surface area (Å²) < 4.78 is 2.22. The molecule has 0 fully saturated rings. The Morgan fingerprint density at radius 3 is 2.93 bits per heavy atom. The topological polar surface area (TPSA) is 25.8 Å². The van der Waals surface area contributed by atoms with E-state index < -0.39 is 0 Å². The minimum Gasteiger partial charge on any atom is -0.235 e. The van der Waals surface area contributed by atoms with E-state index in [0.29, 0.717) is 5.15 Å². The SMILES string of the molecule is Cc1cccc2c1sc1c(Cl)ncnc12. The van der Waals surface area contributed by atoms with Gasteiger partial charge in [-0.25, -0.2) is 9.97 Å². The fourth-order valence-corrected chi connectivity index (χ4v) is 3.06. The maximum absolute atomic E-state index is 6.04. The summed E-state index contributed by atoms with van der Waals surface area (Å²) in [5, 5.41) is 1.71. The van der Waals surface area contributed by atoms with Gasteiger partial charge in [0.1, 0.15) is 11.5 Å². The van der Waals surface area contributed by atoms with E-state index in [1.165, 1.54) is 22.0 Å². The molecule has 2 nitrogen and oxygen atoms in total. The number of fused-ring (bicyclic) bond motifs is 3. The largest absolute Gasteiger partial charge is 0.235 e. The summed E-state index contributed by atoms with van der Waals surface area (Å²) in [7, 11) is 0. The normalized spacial score (nSPS) is 11.3. The second-order valence-electron chi connectivity index (χ2n) is 3.40. The van der Waals surface area contributed by atoms with Crippen LogP contribution in [0.25, 0.3) is 20.3 Å². The lowest BCUT2D eigenvalue weighted by atomic mass is 10.2. The molecular weight excluding hydrogens is 228 g/mol. The van der Waals surface area contributed by atoms with Crippen LogP contribution in [0.4, 0.5) is 0 Å². The van der Waals surface area contributed by atoms with Crippen molar-refractivity contribution in [2.24, 2.45) is 0 Å². The van der Waals surface area contributed by atoms with Gasteiger partial charge in [0.15, 0.2) is 0 Å². The molecule has 0 aliphatic rings. The highest BCUT2D eigenvalue weighted by molar-refractivity contribution is 7.26. The summed E-state index contributed by atoms with van der Waals surface area (Å²) in [6.45, 7) is 2.10. The Morgan fingerprint density at radius 2 is 2.07 bits per heavy atom. The molecule has 2 aromatic heterocycles. The molecule has 0 saturated heterocycles. The molecule has 0 radical (unpaired) electrons. The van der Waals surface area contributed by atoms with Crippen molar-refractivity contribution >= 4 is 43.2 Å². The first-order valence-corrected chi connectivity index (χ1v) is 5.75. The molecule has 74 valence electrons. The van der Waals surface area contributed by atoms with E-state index in [0.717, 1.165) is 10.2 Å². The average Bonchev–Trinajstić information content (AvgIpc) is 2.60. The Labute approximate surface area is 95.5 Å². The van der Waals surface area contributed by atoms with Gasteiger partial charge in [-0.1, -0.05) is 29.8 Å². The molecule has 0 aliphatic heterocycles. The zero-order chi connectivity index (χ0) is 10.4. The molecule has 0 amide bonds. The zero-order valence-electron chi connectivity index (χ0n) is 7.99. The number of rotatable bonds is 0. The van der Waals surface area contributed by atoms with Gasteiger partial charge in [-0.2, -0.15) is 0 Å². The number of nitrogens with zero attached hydrogens (tertiary/aromatic N) is 2. The standard InChI is InChI=1S/C11H7ClN2S/c1-6-3-2-4-7-8-10(15-9(6)7)11(12)14-5-13-8/h2-5H,1H3. The van der Waals surface area contributed by atoms with Gasteiger partial charge in [0, 0.05) is 10.1 Å². The van der Waals surface area contributed by atoms with E-state index >= 15 is 0 Å². The third-order valence-corrected chi connectivity index (χ3v) is 4.17. The van der Waals surface area contributed by atoms with Crippen LogP contribution in [0.3, 0.4) is 0 Å². The van der Waals surface area contributed by atoms with Gasteiger partial charge in [-0.05, 0) is 12.5 Å². The van der Waals surface area contributed by atoms with E-state index in [9.17, 15) is 0 Å². The van der Waals surface area contributed by atoms with E-state index in [2.05, 4.69) is 29.0 Å². The van der Waals surface area contributed by atoms with Gasteiger partial charge in [0.25, 0.3) is 0 Å². The van der Waals surface area contributed by atoms with Crippen molar-refractivity contribution in [2.75, 3.05) is 0 Å². The molecular formula is C11H7ClN2S. The van der Waals surface area contributed by atoms with Gasteiger partial charge in [0.05, 0.1) is 10.2 Å². The summed E-state index contributed by atoms with van der Waals surface area (Å²) in [6.07, 6.45) is 1.51. The number of hydrogen-bond acceptors (Lipinski definition) is 3. The second-order valence-corrected chi connectivity index (χ2v) is 4.77. The first kappa shape index (κ1) is 9.07. The number of thiophene rings is 1. The molecule has 0 spiro atoms. The molecule has 0 aliphatic carbocycles. The monoisotopic (exact) mass is 234 g/mol. The van der Waals surface area contributed by atoms with Crippen LogP contribution in [-0.4, -0.2) is 9.97 Å². The summed E-state index contributed by atoms with van der Waals surface area (Å²) >= 11 is 7.70. The van der Waals surface area contributed by atoms with Crippen LogP contribution >= 0.6 is 22.9 Å². The highest BCUT2D eigenvalue weighted by Gasteiger charge is 2.10. The second kappa shape index (κ2) is 3.15. The predicted molar refractivity (Wildman–Crippen MR) is 64.7 cm³/mol. The molecule has 0 saturated carbocycles. The fraction of sp³-hybridized carbons (Fsp3) is 0.0909. The van der Waals surface area contributed by atoms with E-state index in [1.54, 1.807) is 11.3 Å².